The van der Waals surface area contributed by atoms with Crippen LogP contribution in [0.3, 0.4) is 0 Å². The predicted octanol–water partition coefficient (Wildman–Crippen LogP) is 3.29. The molecule has 0 amide bonds. The summed E-state index contributed by atoms with van der Waals surface area (Å²) < 4.78 is 0. The summed E-state index contributed by atoms with van der Waals surface area (Å²) in [7, 11) is 0. The fourth-order valence-corrected chi connectivity index (χ4v) is 5.34. The molecular weight excluding hydrogens is 320 g/mol. The number of hydrogen-bond donors (Lipinski definition) is 4. The van der Waals surface area contributed by atoms with Gasteiger partial charge in [-0.2, -0.15) is 0 Å². The number of aryl methyl sites for hydroxylation is 1. The lowest BCUT2D eigenvalue weighted by Gasteiger charge is -2.53. The summed E-state index contributed by atoms with van der Waals surface area (Å²) in [5, 5.41) is 40.9. The molecule has 4 N–H and O–H groups in total. The number of aliphatic hydroxyl groups excluding tert-OH is 1. The molecule has 1 fully saturated rings. The molecule has 2 aliphatic carbocycles. The summed E-state index contributed by atoms with van der Waals surface area (Å²) in [6.07, 6.45) is 3.66. The number of phenols is 2. The van der Waals surface area contributed by atoms with Crippen LogP contribution in [0, 0.1) is 11.3 Å². The van der Waals surface area contributed by atoms with Crippen LogP contribution in [0.5, 0.6) is 11.5 Å². The molecule has 1 aromatic rings. The van der Waals surface area contributed by atoms with Crippen molar-refractivity contribution in [2.24, 2.45) is 11.3 Å². The van der Waals surface area contributed by atoms with Crippen molar-refractivity contribution in [1.29, 1.82) is 0 Å². The van der Waals surface area contributed by atoms with Gasteiger partial charge in [0.25, 0.3) is 0 Å². The average molecular weight is 348 g/mol. The third-order valence-corrected chi connectivity index (χ3v) is 6.65. The smallest absolute Gasteiger partial charge is 0.314 e. The molecule has 1 aromatic carbocycles. The number of carbonyl (C=O) groups is 1. The van der Waals surface area contributed by atoms with Gasteiger partial charge >= 0.3 is 5.97 Å². The van der Waals surface area contributed by atoms with Crippen LogP contribution in [0.2, 0.25) is 0 Å². The molecule has 0 bridgehead atoms. The highest BCUT2D eigenvalue weighted by Gasteiger charge is 2.58. The van der Waals surface area contributed by atoms with E-state index < -0.39 is 11.4 Å². The van der Waals surface area contributed by atoms with Gasteiger partial charge in [0.15, 0.2) is 11.5 Å². The molecule has 0 heterocycles. The van der Waals surface area contributed by atoms with Crippen molar-refractivity contribution in [2.45, 2.75) is 64.2 Å². The zero-order chi connectivity index (χ0) is 18.6. The molecule has 5 heteroatoms. The Labute approximate surface area is 148 Å². The number of aromatic hydroxyl groups is 2. The van der Waals surface area contributed by atoms with Crippen molar-refractivity contribution in [3.05, 3.63) is 22.8 Å². The Kier molecular flexibility index (Phi) is 4.26. The summed E-state index contributed by atoms with van der Waals surface area (Å²) >= 11 is 0. The van der Waals surface area contributed by atoms with E-state index in [-0.39, 0.29) is 35.4 Å². The van der Waals surface area contributed by atoms with Crippen LogP contribution in [0.15, 0.2) is 6.07 Å². The number of carboxylic acids is 1. The SMILES string of the molecule is C[C@H](CO)c1cc2c(c(O)c1O)[C@@]1(C(=O)O)CCCC(C)(C)[C@H]1CC2. The van der Waals surface area contributed by atoms with Gasteiger partial charge in [-0.05, 0) is 42.6 Å². The van der Waals surface area contributed by atoms with E-state index in [2.05, 4.69) is 13.8 Å². The Morgan fingerprint density at radius 2 is 1.96 bits per heavy atom. The average Bonchev–Trinajstić information content (AvgIpc) is 2.56. The minimum absolute atomic E-state index is 0.0786. The summed E-state index contributed by atoms with van der Waals surface area (Å²) in [6.45, 7) is 5.84. The van der Waals surface area contributed by atoms with Crippen molar-refractivity contribution < 1.29 is 25.2 Å². The van der Waals surface area contributed by atoms with E-state index in [0.29, 0.717) is 24.0 Å². The number of aliphatic hydroxyl groups is 1. The van der Waals surface area contributed by atoms with Crippen molar-refractivity contribution >= 4 is 5.97 Å². The maximum Gasteiger partial charge on any atom is 0.314 e. The standard InChI is InChI=1S/C20H28O5/c1-11(10-21)13-9-12-5-6-14-19(2,3)7-4-8-20(14,18(24)25)15(12)17(23)16(13)22/h9,11,14,21-23H,4-8,10H2,1-3H3,(H,24,25)/t11-,14-,20-/m1/s1. The summed E-state index contributed by atoms with van der Waals surface area (Å²) in [5.41, 5.74) is 0.385. The predicted molar refractivity (Wildman–Crippen MR) is 94.0 cm³/mol. The van der Waals surface area contributed by atoms with E-state index in [1.807, 2.05) is 0 Å². The Morgan fingerprint density at radius 3 is 2.56 bits per heavy atom. The minimum atomic E-state index is -1.15. The zero-order valence-corrected chi connectivity index (χ0v) is 15.2. The van der Waals surface area contributed by atoms with Crippen LogP contribution in [-0.4, -0.2) is 33.0 Å². The first kappa shape index (κ1) is 18.1. The maximum atomic E-state index is 12.5. The molecule has 0 saturated heterocycles. The van der Waals surface area contributed by atoms with Gasteiger partial charge in [0, 0.05) is 23.7 Å². The largest absolute Gasteiger partial charge is 0.504 e. The Hall–Kier alpha value is -1.75. The number of phenolic OH excluding ortho intramolecular Hbond substituents is 2. The van der Waals surface area contributed by atoms with Gasteiger partial charge in [-0.1, -0.05) is 33.3 Å². The van der Waals surface area contributed by atoms with E-state index >= 15 is 0 Å². The monoisotopic (exact) mass is 348 g/mol. The summed E-state index contributed by atoms with van der Waals surface area (Å²) in [5.74, 6) is -1.91. The van der Waals surface area contributed by atoms with E-state index in [1.165, 1.54) is 0 Å². The normalized spacial score (nSPS) is 28.7. The molecule has 0 aliphatic heterocycles. The lowest BCUT2D eigenvalue weighted by atomic mass is 9.49. The highest BCUT2D eigenvalue weighted by molar-refractivity contribution is 5.85. The van der Waals surface area contributed by atoms with Gasteiger partial charge in [0.2, 0.25) is 0 Å². The van der Waals surface area contributed by atoms with Crippen LogP contribution in [0.25, 0.3) is 0 Å². The van der Waals surface area contributed by atoms with Gasteiger partial charge in [-0.25, -0.2) is 0 Å². The van der Waals surface area contributed by atoms with Crippen LogP contribution in [-0.2, 0) is 16.6 Å². The first-order valence-electron chi connectivity index (χ1n) is 9.09. The highest BCUT2D eigenvalue weighted by atomic mass is 16.4. The molecule has 0 unspecified atom stereocenters. The third-order valence-electron chi connectivity index (χ3n) is 6.65. The Morgan fingerprint density at radius 1 is 1.28 bits per heavy atom. The van der Waals surface area contributed by atoms with E-state index in [4.69, 9.17) is 0 Å². The van der Waals surface area contributed by atoms with Gasteiger partial charge in [0.05, 0.1) is 5.41 Å². The molecule has 3 rings (SSSR count). The maximum absolute atomic E-state index is 12.5. The number of benzene rings is 1. The topological polar surface area (TPSA) is 98.0 Å². The van der Waals surface area contributed by atoms with Crippen LogP contribution < -0.4 is 0 Å². The quantitative estimate of drug-likeness (QED) is 0.628. The minimum Gasteiger partial charge on any atom is -0.504 e. The molecule has 2 aliphatic rings. The lowest BCUT2D eigenvalue weighted by molar-refractivity contribution is -0.152. The van der Waals surface area contributed by atoms with Crippen LogP contribution in [0.4, 0.5) is 0 Å². The highest BCUT2D eigenvalue weighted by Crippen LogP contribution is 2.60. The second-order valence-electron chi connectivity index (χ2n) is 8.49. The number of aliphatic carboxylic acids is 1. The number of hydrogen-bond acceptors (Lipinski definition) is 4. The van der Waals surface area contributed by atoms with Gasteiger partial charge in [0.1, 0.15) is 0 Å². The van der Waals surface area contributed by atoms with Crippen LogP contribution >= 0.6 is 0 Å². The second kappa shape index (κ2) is 5.90. The van der Waals surface area contributed by atoms with E-state index in [0.717, 1.165) is 24.8 Å². The first-order valence-corrected chi connectivity index (χ1v) is 9.09. The summed E-state index contributed by atoms with van der Waals surface area (Å²) in [4.78, 5) is 12.5. The van der Waals surface area contributed by atoms with Crippen LogP contribution in [0.1, 0.15) is 69.1 Å². The molecule has 25 heavy (non-hydrogen) atoms. The van der Waals surface area contributed by atoms with E-state index in [9.17, 15) is 25.2 Å². The van der Waals surface area contributed by atoms with Crippen molar-refractivity contribution in [3.63, 3.8) is 0 Å². The number of carboxylic acid groups (broad SMARTS) is 1. The molecule has 1 saturated carbocycles. The van der Waals surface area contributed by atoms with Gasteiger partial charge < -0.3 is 20.4 Å². The van der Waals surface area contributed by atoms with Crippen molar-refractivity contribution in [1.82, 2.24) is 0 Å². The lowest BCUT2D eigenvalue weighted by Crippen LogP contribution is -2.54. The molecular formula is C20H28O5. The van der Waals surface area contributed by atoms with Gasteiger partial charge in [-0.15, -0.1) is 0 Å². The van der Waals surface area contributed by atoms with E-state index in [1.54, 1.807) is 13.0 Å². The second-order valence-corrected chi connectivity index (χ2v) is 8.49. The van der Waals surface area contributed by atoms with Crippen molar-refractivity contribution in [2.75, 3.05) is 6.61 Å². The zero-order valence-electron chi connectivity index (χ0n) is 15.2. The molecule has 0 aromatic heterocycles. The molecule has 0 spiro atoms. The molecule has 0 radical (unpaired) electrons. The molecule has 5 nitrogen and oxygen atoms in total. The first-order chi connectivity index (χ1) is 11.7. The number of fused-ring (bicyclic) bond motifs is 3. The molecule has 138 valence electrons. The van der Waals surface area contributed by atoms with Crippen molar-refractivity contribution in [3.8, 4) is 11.5 Å². The fourth-order valence-electron chi connectivity index (χ4n) is 5.34. The fraction of sp³-hybridized carbons (Fsp3) is 0.650. The third kappa shape index (κ3) is 2.43. The number of rotatable bonds is 3. The van der Waals surface area contributed by atoms with Gasteiger partial charge in [-0.3, -0.25) is 4.79 Å². The Balaban J connectivity index is 2.28. The summed E-state index contributed by atoms with van der Waals surface area (Å²) in [6, 6.07) is 1.79. The molecule has 3 atom stereocenters. The Bertz CT molecular complexity index is 709.